The summed E-state index contributed by atoms with van der Waals surface area (Å²) in [5.74, 6) is 0.202. The van der Waals surface area contributed by atoms with Crippen molar-refractivity contribution in [3.8, 4) is 5.75 Å². The van der Waals surface area contributed by atoms with Gasteiger partial charge >= 0.3 is 0 Å². The monoisotopic (exact) mass is 134 g/mol. The van der Waals surface area contributed by atoms with Crippen LogP contribution in [0.3, 0.4) is 0 Å². The van der Waals surface area contributed by atoms with E-state index >= 15 is 0 Å². The van der Waals surface area contributed by atoms with E-state index in [4.69, 9.17) is 5.11 Å². The van der Waals surface area contributed by atoms with Crippen LogP contribution in [0.15, 0.2) is 23.5 Å². The van der Waals surface area contributed by atoms with E-state index in [9.17, 15) is 0 Å². The van der Waals surface area contributed by atoms with E-state index < -0.39 is 0 Å². The fraction of sp³-hybridized carbons (Fsp3) is 0.143. The molecule has 10 heavy (non-hydrogen) atoms. The second kappa shape index (κ2) is 1.80. The van der Waals surface area contributed by atoms with Gasteiger partial charge in [-0.05, 0) is 6.07 Å². The predicted octanol–water partition coefficient (Wildman–Crippen LogP) is 0.913. The standard InChI is InChI=1S/C7H6N2O/c10-6-1-5(2-8-3-6)7-4-9-7/h1-4,7,10H. The van der Waals surface area contributed by atoms with Gasteiger partial charge in [-0.25, -0.2) is 0 Å². The van der Waals surface area contributed by atoms with Crippen molar-refractivity contribution in [2.45, 2.75) is 6.04 Å². The second-order valence-electron chi connectivity index (χ2n) is 2.22. The molecule has 0 saturated heterocycles. The van der Waals surface area contributed by atoms with Gasteiger partial charge in [0.25, 0.3) is 0 Å². The van der Waals surface area contributed by atoms with Crippen molar-refractivity contribution >= 4 is 6.21 Å². The van der Waals surface area contributed by atoms with Crippen molar-refractivity contribution in [1.82, 2.24) is 4.98 Å². The molecule has 0 spiro atoms. The lowest BCUT2D eigenvalue weighted by Gasteiger charge is -1.94. The van der Waals surface area contributed by atoms with Crippen molar-refractivity contribution in [2.75, 3.05) is 0 Å². The molecule has 1 unspecified atom stereocenters. The SMILES string of the molecule is Oc1cncc(C2C=N2)c1. The molecule has 0 aromatic carbocycles. The number of pyridine rings is 1. The smallest absolute Gasteiger partial charge is 0.134 e. The number of aliphatic imine (C=N–C) groups is 1. The van der Waals surface area contributed by atoms with Crippen molar-refractivity contribution in [2.24, 2.45) is 4.99 Å². The highest BCUT2D eigenvalue weighted by Crippen LogP contribution is 2.25. The topological polar surface area (TPSA) is 45.5 Å². The molecule has 0 saturated carbocycles. The van der Waals surface area contributed by atoms with Crippen molar-refractivity contribution in [1.29, 1.82) is 0 Å². The summed E-state index contributed by atoms with van der Waals surface area (Å²) < 4.78 is 0. The maximum absolute atomic E-state index is 8.97. The summed E-state index contributed by atoms with van der Waals surface area (Å²) in [5, 5.41) is 8.97. The summed E-state index contributed by atoms with van der Waals surface area (Å²) in [4.78, 5) is 7.75. The molecular formula is C7H6N2O. The zero-order valence-corrected chi connectivity index (χ0v) is 5.23. The fourth-order valence-corrected chi connectivity index (χ4v) is 0.822. The summed E-state index contributed by atoms with van der Waals surface area (Å²) in [6.45, 7) is 0. The van der Waals surface area contributed by atoms with Gasteiger partial charge in [0.05, 0.1) is 6.20 Å². The Morgan fingerprint density at radius 2 is 2.20 bits per heavy atom. The average Bonchev–Trinajstić information content (AvgIpc) is 2.68. The highest BCUT2D eigenvalue weighted by Gasteiger charge is 2.15. The normalized spacial score (nSPS) is 21.0. The number of hydrogen-bond acceptors (Lipinski definition) is 3. The minimum absolute atomic E-state index is 0.180. The van der Waals surface area contributed by atoms with Crippen LogP contribution in [-0.2, 0) is 0 Å². The third kappa shape index (κ3) is 0.857. The third-order valence-electron chi connectivity index (χ3n) is 1.38. The van der Waals surface area contributed by atoms with Crippen LogP contribution in [0.4, 0.5) is 0 Å². The Morgan fingerprint density at radius 1 is 1.40 bits per heavy atom. The van der Waals surface area contributed by atoms with Gasteiger partial charge in [-0.15, -0.1) is 0 Å². The zero-order valence-electron chi connectivity index (χ0n) is 5.23. The van der Waals surface area contributed by atoms with Gasteiger partial charge in [0.2, 0.25) is 0 Å². The van der Waals surface area contributed by atoms with Gasteiger partial charge in [-0.3, -0.25) is 9.98 Å². The molecule has 3 nitrogen and oxygen atoms in total. The van der Waals surface area contributed by atoms with E-state index in [0.717, 1.165) is 5.56 Å². The average molecular weight is 134 g/mol. The van der Waals surface area contributed by atoms with Crippen LogP contribution < -0.4 is 0 Å². The van der Waals surface area contributed by atoms with Crippen molar-refractivity contribution < 1.29 is 5.11 Å². The number of nitrogens with zero attached hydrogens (tertiary/aromatic N) is 2. The summed E-state index contributed by atoms with van der Waals surface area (Å²) in [6, 6.07) is 1.85. The van der Waals surface area contributed by atoms with E-state index in [0.29, 0.717) is 0 Å². The summed E-state index contributed by atoms with van der Waals surface area (Å²) in [5.41, 5.74) is 0.958. The molecule has 1 aliphatic heterocycles. The number of aromatic hydroxyl groups is 1. The lowest BCUT2D eigenvalue weighted by Crippen LogP contribution is -1.82. The maximum Gasteiger partial charge on any atom is 0.134 e. The highest BCUT2D eigenvalue weighted by molar-refractivity contribution is 5.79. The van der Waals surface area contributed by atoms with Crippen LogP contribution in [0.5, 0.6) is 5.75 Å². The first-order valence-corrected chi connectivity index (χ1v) is 3.03. The Bertz CT molecular complexity index is 277. The molecule has 0 bridgehead atoms. The van der Waals surface area contributed by atoms with E-state index in [1.54, 1.807) is 12.3 Å². The summed E-state index contributed by atoms with van der Waals surface area (Å²) in [6.07, 6.45) is 4.93. The Balaban J connectivity index is 2.33. The second-order valence-corrected chi connectivity index (χ2v) is 2.22. The Morgan fingerprint density at radius 3 is 2.80 bits per heavy atom. The first-order chi connectivity index (χ1) is 4.86. The maximum atomic E-state index is 8.97. The number of hydrogen-bond donors (Lipinski definition) is 1. The molecule has 0 radical (unpaired) electrons. The van der Waals surface area contributed by atoms with E-state index in [-0.39, 0.29) is 11.8 Å². The van der Waals surface area contributed by atoms with E-state index in [1.165, 1.54) is 6.20 Å². The van der Waals surface area contributed by atoms with E-state index in [1.807, 2.05) is 6.21 Å². The molecule has 3 heteroatoms. The van der Waals surface area contributed by atoms with Gasteiger partial charge in [-0.2, -0.15) is 0 Å². The fourth-order valence-electron chi connectivity index (χ4n) is 0.822. The Labute approximate surface area is 58.1 Å². The molecule has 2 rings (SSSR count). The molecule has 0 aliphatic carbocycles. The van der Waals surface area contributed by atoms with Crippen LogP contribution >= 0.6 is 0 Å². The number of aromatic nitrogens is 1. The first-order valence-electron chi connectivity index (χ1n) is 3.03. The number of rotatable bonds is 1. The molecule has 1 aliphatic rings. The predicted molar refractivity (Wildman–Crippen MR) is 37.1 cm³/mol. The van der Waals surface area contributed by atoms with Crippen LogP contribution in [0.2, 0.25) is 0 Å². The molecule has 2 heterocycles. The van der Waals surface area contributed by atoms with Crippen LogP contribution in [0, 0.1) is 0 Å². The molecule has 1 N–H and O–H groups in total. The molecular weight excluding hydrogens is 128 g/mol. The van der Waals surface area contributed by atoms with Gasteiger partial charge in [0.1, 0.15) is 11.8 Å². The first kappa shape index (κ1) is 5.41. The minimum Gasteiger partial charge on any atom is -0.506 e. The molecule has 0 fully saturated rings. The lowest BCUT2D eigenvalue weighted by molar-refractivity contribution is 0.472. The van der Waals surface area contributed by atoms with Crippen molar-refractivity contribution in [3.05, 3.63) is 24.0 Å². The third-order valence-corrected chi connectivity index (χ3v) is 1.38. The van der Waals surface area contributed by atoms with Crippen LogP contribution in [-0.4, -0.2) is 16.3 Å². The molecule has 50 valence electrons. The largest absolute Gasteiger partial charge is 0.506 e. The lowest BCUT2D eigenvalue weighted by atomic mass is 10.2. The highest BCUT2D eigenvalue weighted by atomic mass is 16.3. The van der Waals surface area contributed by atoms with Gasteiger partial charge in [0, 0.05) is 18.0 Å². The van der Waals surface area contributed by atoms with E-state index in [2.05, 4.69) is 9.98 Å². The Hall–Kier alpha value is -1.38. The minimum atomic E-state index is 0.180. The molecule has 1 aromatic heterocycles. The quantitative estimate of drug-likeness (QED) is 0.620. The van der Waals surface area contributed by atoms with Gasteiger partial charge in [0.15, 0.2) is 0 Å². The molecule has 1 aromatic rings. The van der Waals surface area contributed by atoms with Gasteiger partial charge < -0.3 is 5.11 Å². The van der Waals surface area contributed by atoms with Crippen LogP contribution in [0.1, 0.15) is 11.6 Å². The van der Waals surface area contributed by atoms with Crippen molar-refractivity contribution in [3.63, 3.8) is 0 Å². The Kier molecular flexibility index (Phi) is 0.974. The summed E-state index contributed by atoms with van der Waals surface area (Å²) >= 11 is 0. The van der Waals surface area contributed by atoms with Crippen LogP contribution in [0.25, 0.3) is 0 Å². The molecule has 0 amide bonds. The molecule has 1 atom stereocenters. The summed E-state index contributed by atoms with van der Waals surface area (Å²) in [7, 11) is 0. The zero-order chi connectivity index (χ0) is 6.97. The van der Waals surface area contributed by atoms with Gasteiger partial charge in [-0.1, -0.05) is 0 Å².